The van der Waals surface area contributed by atoms with Crippen LogP contribution in [0.2, 0.25) is 0 Å². The number of nitrogens with two attached hydrogens (primary N) is 1. The Balaban J connectivity index is 3.32. The molecule has 0 spiro atoms. The van der Waals surface area contributed by atoms with Crippen molar-refractivity contribution >= 4 is 21.3 Å². The highest BCUT2D eigenvalue weighted by molar-refractivity contribution is 7.92. The fourth-order valence-corrected chi connectivity index (χ4v) is 3.18. The monoisotopic (exact) mass is 265 g/mol. The first kappa shape index (κ1) is 13.5. The van der Waals surface area contributed by atoms with E-state index < -0.39 is 15.5 Å². The zero-order valence-electron chi connectivity index (χ0n) is 9.06. The topological polar surface area (TPSA) is 120 Å². The van der Waals surface area contributed by atoms with E-state index in [9.17, 15) is 9.32 Å². The maximum atomic E-state index is 11.5. The predicted octanol–water partition coefficient (Wildman–Crippen LogP) is 0.185. The highest BCUT2D eigenvalue weighted by atomic mass is 32.2. The first-order chi connectivity index (χ1) is 7.16. The van der Waals surface area contributed by atoms with Gasteiger partial charge in [-0.25, -0.2) is 19.1 Å². The Hall–Kier alpha value is -0.540. The van der Waals surface area contributed by atoms with Crippen LogP contribution in [-0.4, -0.2) is 26.0 Å². The molecule has 1 rings (SSSR count). The maximum absolute atomic E-state index is 11.5. The van der Waals surface area contributed by atoms with Gasteiger partial charge < -0.3 is 10.2 Å². The quantitative estimate of drug-likeness (QED) is 0.620. The van der Waals surface area contributed by atoms with E-state index in [2.05, 4.69) is 4.98 Å². The van der Waals surface area contributed by atoms with Crippen molar-refractivity contribution < 1.29 is 14.4 Å². The van der Waals surface area contributed by atoms with E-state index in [0.29, 0.717) is 10.7 Å². The molecule has 1 aromatic heterocycles. The van der Waals surface area contributed by atoms with E-state index in [4.69, 9.17) is 15.0 Å². The third kappa shape index (κ3) is 2.98. The maximum Gasteiger partial charge on any atom is 0.143 e. The molecule has 1 atom stereocenters. The molecule has 0 saturated carbocycles. The molecule has 16 heavy (non-hydrogen) atoms. The molecule has 92 valence electrons. The molecular formula is C8H15N3O3S2. The summed E-state index contributed by atoms with van der Waals surface area (Å²) in [5.74, 6) is 0. The number of aromatic nitrogens is 1. The summed E-state index contributed by atoms with van der Waals surface area (Å²) in [4.78, 5) is 4.07. The minimum Gasteiger partial charge on any atom is -0.396 e. The second kappa shape index (κ2) is 4.38. The first-order valence-corrected chi connectivity index (χ1v) is 7.00. The number of aliphatic hydroxyl groups excluding tert-OH is 1. The molecule has 0 saturated heterocycles. The second-order valence-corrected chi connectivity index (χ2v) is 6.75. The lowest BCUT2D eigenvalue weighted by Gasteiger charge is -2.12. The van der Waals surface area contributed by atoms with Gasteiger partial charge >= 0.3 is 0 Å². The molecule has 0 fully saturated rings. The average Bonchev–Trinajstić information content (AvgIpc) is 2.46. The van der Waals surface area contributed by atoms with Crippen LogP contribution in [0.1, 0.15) is 24.5 Å². The van der Waals surface area contributed by atoms with Crippen LogP contribution in [-0.2, 0) is 21.9 Å². The lowest BCUT2D eigenvalue weighted by atomic mass is 10.1. The predicted molar refractivity (Wildman–Crippen MR) is 61.5 cm³/mol. The van der Waals surface area contributed by atoms with Crippen LogP contribution >= 0.6 is 11.3 Å². The molecule has 1 heterocycles. The SMILES string of the molecule is CC(C)(O)c1nc(CCO)c(S(=N)(N)=O)s1. The molecule has 0 aliphatic rings. The molecule has 0 amide bonds. The third-order valence-electron chi connectivity index (χ3n) is 1.81. The fourth-order valence-electron chi connectivity index (χ4n) is 1.10. The highest BCUT2D eigenvalue weighted by Crippen LogP contribution is 2.30. The lowest BCUT2D eigenvalue weighted by molar-refractivity contribution is 0.0780. The van der Waals surface area contributed by atoms with E-state index in [1.807, 2.05) is 0 Å². The summed E-state index contributed by atoms with van der Waals surface area (Å²) >= 11 is 0.953. The van der Waals surface area contributed by atoms with Crippen molar-refractivity contribution in [2.45, 2.75) is 30.1 Å². The number of nitrogens with one attached hydrogen (secondary N) is 1. The average molecular weight is 265 g/mol. The molecule has 0 aromatic carbocycles. The van der Waals surface area contributed by atoms with Crippen molar-refractivity contribution in [2.75, 3.05) is 6.61 Å². The molecule has 5 N–H and O–H groups in total. The van der Waals surface area contributed by atoms with Crippen LogP contribution in [0.15, 0.2) is 4.21 Å². The van der Waals surface area contributed by atoms with Gasteiger partial charge in [-0.3, -0.25) is 0 Å². The number of hydrogen-bond donors (Lipinski definition) is 4. The summed E-state index contributed by atoms with van der Waals surface area (Å²) in [5, 5.41) is 24.2. The number of nitrogens with zero attached hydrogens (tertiary/aromatic N) is 1. The Morgan fingerprint density at radius 2 is 2.19 bits per heavy atom. The molecule has 0 bridgehead atoms. The molecule has 1 aromatic rings. The summed E-state index contributed by atoms with van der Waals surface area (Å²) in [7, 11) is -3.36. The van der Waals surface area contributed by atoms with Gasteiger partial charge in [-0.1, -0.05) is 0 Å². The summed E-state index contributed by atoms with van der Waals surface area (Å²) in [6.45, 7) is 2.92. The van der Waals surface area contributed by atoms with E-state index in [0.717, 1.165) is 11.3 Å². The Kier molecular flexibility index (Phi) is 3.70. The molecule has 0 radical (unpaired) electrons. The van der Waals surface area contributed by atoms with Crippen LogP contribution in [0, 0.1) is 4.78 Å². The van der Waals surface area contributed by atoms with Crippen LogP contribution in [0.3, 0.4) is 0 Å². The number of thiazole rings is 1. The van der Waals surface area contributed by atoms with Gasteiger partial charge in [0.25, 0.3) is 0 Å². The van der Waals surface area contributed by atoms with Crippen LogP contribution < -0.4 is 5.14 Å². The van der Waals surface area contributed by atoms with Gasteiger partial charge in [0.1, 0.15) is 24.7 Å². The zero-order valence-corrected chi connectivity index (χ0v) is 10.7. The van der Waals surface area contributed by atoms with Crippen molar-refractivity contribution in [1.29, 1.82) is 4.78 Å². The lowest BCUT2D eigenvalue weighted by Crippen LogP contribution is -2.15. The highest BCUT2D eigenvalue weighted by Gasteiger charge is 2.25. The van der Waals surface area contributed by atoms with Crippen molar-refractivity contribution in [1.82, 2.24) is 4.98 Å². The Morgan fingerprint density at radius 3 is 2.56 bits per heavy atom. The zero-order chi connectivity index (χ0) is 12.6. The van der Waals surface area contributed by atoms with Gasteiger partial charge in [0, 0.05) is 13.0 Å². The standard InChI is InChI=1S/C8H15N3O3S2/c1-8(2,13)7-11-5(3-4-12)6(15-7)16(9,10)14/h12-13H,3-4H2,1-2H3,(H3,9,10,14). The third-order valence-corrected chi connectivity index (χ3v) is 4.79. The van der Waals surface area contributed by atoms with Crippen molar-refractivity contribution in [2.24, 2.45) is 5.14 Å². The van der Waals surface area contributed by atoms with Crippen molar-refractivity contribution in [3.63, 3.8) is 0 Å². The second-order valence-electron chi connectivity index (χ2n) is 3.89. The fraction of sp³-hybridized carbons (Fsp3) is 0.625. The van der Waals surface area contributed by atoms with E-state index >= 15 is 0 Å². The summed E-state index contributed by atoms with van der Waals surface area (Å²) in [5.41, 5.74) is -0.843. The van der Waals surface area contributed by atoms with E-state index in [1.165, 1.54) is 0 Å². The number of aliphatic hydroxyl groups is 2. The summed E-state index contributed by atoms with van der Waals surface area (Å²) in [6, 6.07) is 0. The van der Waals surface area contributed by atoms with Gasteiger partial charge in [-0.05, 0) is 13.8 Å². The Labute approximate surface area is 98.2 Å². The Morgan fingerprint density at radius 1 is 1.62 bits per heavy atom. The summed E-state index contributed by atoms with van der Waals surface area (Å²) < 4.78 is 18.9. The molecule has 8 heteroatoms. The minimum absolute atomic E-state index is 0.124. The smallest absolute Gasteiger partial charge is 0.143 e. The molecule has 0 aliphatic heterocycles. The summed E-state index contributed by atoms with van der Waals surface area (Å²) in [6.07, 6.45) is 0.176. The van der Waals surface area contributed by atoms with Crippen molar-refractivity contribution in [3.8, 4) is 0 Å². The normalized spacial score (nSPS) is 16.1. The first-order valence-electron chi connectivity index (χ1n) is 4.56. The van der Waals surface area contributed by atoms with E-state index in [1.54, 1.807) is 13.8 Å². The van der Waals surface area contributed by atoms with Crippen molar-refractivity contribution in [3.05, 3.63) is 10.7 Å². The van der Waals surface area contributed by atoms with Gasteiger partial charge in [-0.15, -0.1) is 11.3 Å². The van der Waals surface area contributed by atoms with Gasteiger partial charge in [-0.2, -0.15) is 0 Å². The van der Waals surface area contributed by atoms with Crippen LogP contribution in [0.25, 0.3) is 0 Å². The van der Waals surface area contributed by atoms with Gasteiger partial charge in [0.05, 0.1) is 5.69 Å². The molecule has 1 unspecified atom stereocenters. The van der Waals surface area contributed by atoms with Gasteiger partial charge in [0.15, 0.2) is 0 Å². The molecule has 6 nitrogen and oxygen atoms in total. The molecule has 0 aliphatic carbocycles. The largest absolute Gasteiger partial charge is 0.396 e. The number of rotatable bonds is 4. The van der Waals surface area contributed by atoms with Gasteiger partial charge in [0.2, 0.25) is 0 Å². The van der Waals surface area contributed by atoms with Crippen LogP contribution in [0.4, 0.5) is 0 Å². The minimum atomic E-state index is -3.36. The van der Waals surface area contributed by atoms with E-state index in [-0.39, 0.29) is 17.2 Å². The van der Waals surface area contributed by atoms with Crippen LogP contribution in [0.5, 0.6) is 0 Å². The Bertz CT molecular complexity index is 473. The number of hydrogen-bond acceptors (Lipinski definition) is 6. The molecular weight excluding hydrogens is 250 g/mol.